The Labute approximate surface area is 132 Å². The van der Waals surface area contributed by atoms with E-state index in [-0.39, 0.29) is 17.6 Å². The van der Waals surface area contributed by atoms with Crippen LogP contribution < -0.4 is 4.72 Å². The molecule has 3 atom stereocenters. The summed E-state index contributed by atoms with van der Waals surface area (Å²) in [5.41, 5.74) is -0.257. The number of rotatable bonds is 3. The average molecular weight is 330 g/mol. The van der Waals surface area contributed by atoms with Crippen LogP contribution in [0.25, 0.3) is 0 Å². The predicted octanol–water partition coefficient (Wildman–Crippen LogP) is 0.732. The van der Waals surface area contributed by atoms with Gasteiger partial charge in [-0.3, -0.25) is 4.79 Å². The highest BCUT2D eigenvalue weighted by Gasteiger charge is 2.46. The first-order chi connectivity index (χ1) is 10.3. The van der Waals surface area contributed by atoms with Crippen molar-refractivity contribution >= 4 is 15.9 Å². The summed E-state index contributed by atoms with van der Waals surface area (Å²) in [5, 5.41) is 0. The molecule has 7 heteroatoms. The number of carbonyl (C=O) groups is 1. The molecule has 2 saturated heterocycles. The first-order valence-corrected chi connectivity index (χ1v) is 10.1. The van der Waals surface area contributed by atoms with E-state index in [0.717, 1.165) is 38.8 Å². The van der Waals surface area contributed by atoms with Gasteiger partial charge in [0.2, 0.25) is 15.9 Å². The zero-order valence-corrected chi connectivity index (χ0v) is 14.2. The maximum atomic E-state index is 12.3. The maximum absolute atomic E-state index is 12.3. The van der Waals surface area contributed by atoms with E-state index in [1.807, 2.05) is 4.90 Å². The Morgan fingerprint density at radius 1 is 1.32 bits per heavy atom. The van der Waals surface area contributed by atoms with Gasteiger partial charge >= 0.3 is 0 Å². The van der Waals surface area contributed by atoms with Crippen LogP contribution >= 0.6 is 0 Å². The Morgan fingerprint density at radius 3 is 2.50 bits per heavy atom. The fourth-order valence-electron chi connectivity index (χ4n) is 3.81. The normalized spacial score (nSPS) is 34.6. The molecule has 0 unspecified atom stereocenters. The highest BCUT2D eigenvalue weighted by molar-refractivity contribution is 7.88. The average Bonchev–Trinajstić information content (AvgIpc) is 3.14. The Hall–Kier alpha value is -0.660. The minimum Gasteiger partial charge on any atom is -0.375 e. The van der Waals surface area contributed by atoms with E-state index in [2.05, 4.69) is 11.6 Å². The molecule has 0 aromatic rings. The van der Waals surface area contributed by atoms with Crippen molar-refractivity contribution in [3.63, 3.8) is 0 Å². The lowest BCUT2D eigenvalue weighted by Crippen LogP contribution is -2.54. The van der Waals surface area contributed by atoms with Crippen LogP contribution in [0.1, 0.15) is 39.0 Å². The molecule has 6 nitrogen and oxygen atoms in total. The molecule has 0 aromatic heterocycles. The molecule has 0 radical (unpaired) electrons. The van der Waals surface area contributed by atoms with E-state index in [1.54, 1.807) is 0 Å². The van der Waals surface area contributed by atoms with E-state index in [9.17, 15) is 13.2 Å². The van der Waals surface area contributed by atoms with E-state index in [0.29, 0.717) is 24.9 Å². The largest absolute Gasteiger partial charge is 0.375 e. The number of likely N-dealkylation sites (tertiary alicyclic amines) is 1. The van der Waals surface area contributed by atoms with E-state index >= 15 is 0 Å². The Balaban J connectivity index is 1.56. The van der Waals surface area contributed by atoms with E-state index < -0.39 is 10.0 Å². The third-order valence-corrected chi connectivity index (χ3v) is 6.05. The van der Waals surface area contributed by atoms with Crippen molar-refractivity contribution in [3.05, 3.63) is 0 Å². The second kappa shape index (κ2) is 5.76. The fraction of sp³-hybridized carbons (Fsp3) is 0.933. The minimum absolute atomic E-state index is 0.0468. The summed E-state index contributed by atoms with van der Waals surface area (Å²) < 4.78 is 31.6. The van der Waals surface area contributed by atoms with Crippen LogP contribution in [-0.4, -0.2) is 56.8 Å². The van der Waals surface area contributed by atoms with E-state index in [1.165, 1.54) is 6.26 Å². The molecule has 2 heterocycles. The van der Waals surface area contributed by atoms with Gasteiger partial charge in [-0.05, 0) is 38.0 Å². The topological polar surface area (TPSA) is 75.7 Å². The van der Waals surface area contributed by atoms with Crippen LogP contribution in [0, 0.1) is 11.8 Å². The standard InChI is InChI=1S/C15H26N2O4S/c1-11-9-13(11)14(18)17-6-4-15(5-7-17)10-12(3-8-21-15)16-22(2,19)20/h11-13,16H,3-10H2,1-2H3/t11-,12+,13+/m1/s1. The van der Waals surface area contributed by atoms with Crippen molar-refractivity contribution in [1.82, 2.24) is 9.62 Å². The van der Waals surface area contributed by atoms with Crippen LogP contribution in [-0.2, 0) is 19.6 Å². The molecule has 0 aromatic carbocycles. The van der Waals surface area contributed by atoms with Gasteiger partial charge in [0, 0.05) is 31.7 Å². The number of piperidine rings is 1. The number of hydrogen-bond donors (Lipinski definition) is 1. The highest BCUT2D eigenvalue weighted by Crippen LogP contribution is 2.41. The third kappa shape index (κ3) is 3.63. The summed E-state index contributed by atoms with van der Waals surface area (Å²) in [5.74, 6) is 1.07. The molecule has 3 aliphatic rings. The van der Waals surface area contributed by atoms with Gasteiger partial charge in [0.05, 0.1) is 11.9 Å². The maximum Gasteiger partial charge on any atom is 0.225 e. The molecule has 2 aliphatic heterocycles. The van der Waals surface area contributed by atoms with Gasteiger partial charge in [-0.2, -0.15) is 0 Å². The molecule has 126 valence electrons. The van der Waals surface area contributed by atoms with E-state index in [4.69, 9.17) is 4.74 Å². The van der Waals surface area contributed by atoms with Gasteiger partial charge in [-0.1, -0.05) is 6.92 Å². The third-order valence-electron chi connectivity index (χ3n) is 5.29. The summed E-state index contributed by atoms with van der Waals surface area (Å²) in [6, 6.07) is -0.0468. The SMILES string of the molecule is C[C@@H]1C[C@@H]1C(=O)N1CCC2(CC1)C[C@@H](NS(C)(=O)=O)CCO2. The number of sulfonamides is 1. The summed E-state index contributed by atoms with van der Waals surface area (Å²) in [6.45, 7) is 4.17. The first kappa shape index (κ1) is 16.2. The Morgan fingerprint density at radius 2 is 1.95 bits per heavy atom. The predicted molar refractivity (Wildman–Crippen MR) is 82.8 cm³/mol. The van der Waals surface area contributed by atoms with Crippen LogP contribution in [0.15, 0.2) is 0 Å². The molecule has 1 amide bonds. The van der Waals surface area contributed by atoms with Gasteiger partial charge in [0.25, 0.3) is 0 Å². The Bertz CT molecular complexity index is 540. The number of ether oxygens (including phenoxy) is 1. The van der Waals surface area contributed by atoms with Crippen LogP contribution in [0.3, 0.4) is 0 Å². The Kier molecular flexibility index (Phi) is 4.24. The number of carbonyl (C=O) groups excluding carboxylic acids is 1. The minimum atomic E-state index is -3.18. The fourth-order valence-corrected chi connectivity index (χ4v) is 4.62. The zero-order chi connectivity index (χ0) is 16.0. The molecule has 0 bridgehead atoms. The smallest absolute Gasteiger partial charge is 0.225 e. The summed E-state index contributed by atoms with van der Waals surface area (Å²) in [4.78, 5) is 14.3. The molecular formula is C15H26N2O4S. The van der Waals surface area contributed by atoms with Crippen molar-refractivity contribution in [2.24, 2.45) is 11.8 Å². The zero-order valence-electron chi connectivity index (χ0n) is 13.4. The summed E-state index contributed by atoms with van der Waals surface area (Å²) in [6.07, 6.45) is 5.27. The van der Waals surface area contributed by atoms with Crippen molar-refractivity contribution < 1.29 is 17.9 Å². The van der Waals surface area contributed by atoms with Crippen molar-refractivity contribution in [1.29, 1.82) is 0 Å². The van der Waals surface area contributed by atoms with Crippen LogP contribution in [0.2, 0.25) is 0 Å². The summed E-state index contributed by atoms with van der Waals surface area (Å²) in [7, 11) is -3.18. The number of hydrogen-bond acceptors (Lipinski definition) is 4. The lowest BCUT2D eigenvalue weighted by molar-refractivity contribution is -0.145. The number of nitrogens with one attached hydrogen (secondary N) is 1. The van der Waals surface area contributed by atoms with Gasteiger partial charge in [-0.25, -0.2) is 13.1 Å². The molecule has 3 fully saturated rings. The number of amides is 1. The van der Waals surface area contributed by atoms with Crippen molar-refractivity contribution in [2.75, 3.05) is 26.0 Å². The second-order valence-corrected chi connectivity index (χ2v) is 9.04. The van der Waals surface area contributed by atoms with Crippen LogP contribution in [0.4, 0.5) is 0 Å². The molecule has 1 saturated carbocycles. The molecular weight excluding hydrogens is 304 g/mol. The lowest BCUT2D eigenvalue weighted by atomic mass is 9.82. The van der Waals surface area contributed by atoms with Gasteiger partial charge < -0.3 is 9.64 Å². The van der Waals surface area contributed by atoms with Crippen LogP contribution in [0.5, 0.6) is 0 Å². The van der Waals surface area contributed by atoms with Gasteiger partial charge in [-0.15, -0.1) is 0 Å². The highest BCUT2D eigenvalue weighted by atomic mass is 32.2. The molecule has 1 aliphatic carbocycles. The lowest BCUT2D eigenvalue weighted by Gasteiger charge is -2.46. The molecule has 1 N–H and O–H groups in total. The second-order valence-electron chi connectivity index (χ2n) is 7.26. The van der Waals surface area contributed by atoms with Crippen molar-refractivity contribution in [3.8, 4) is 0 Å². The molecule has 22 heavy (non-hydrogen) atoms. The van der Waals surface area contributed by atoms with Gasteiger partial charge in [0.15, 0.2) is 0 Å². The molecule has 3 rings (SSSR count). The van der Waals surface area contributed by atoms with Crippen molar-refractivity contribution in [2.45, 2.75) is 50.7 Å². The molecule has 1 spiro atoms. The monoisotopic (exact) mass is 330 g/mol. The van der Waals surface area contributed by atoms with Gasteiger partial charge in [0.1, 0.15) is 0 Å². The quantitative estimate of drug-likeness (QED) is 0.828. The number of nitrogens with zero attached hydrogens (tertiary/aromatic N) is 1. The summed E-state index contributed by atoms with van der Waals surface area (Å²) >= 11 is 0. The first-order valence-electron chi connectivity index (χ1n) is 8.18.